The highest BCUT2D eigenvalue weighted by Gasteiger charge is 2.12. The highest BCUT2D eigenvalue weighted by Crippen LogP contribution is 1.95. The van der Waals surface area contributed by atoms with Crippen molar-refractivity contribution in [3.05, 3.63) is 0 Å². The van der Waals surface area contributed by atoms with Crippen LogP contribution in [0.15, 0.2) is 0 Å². The van der Waals surface area contributed by atoms with E-state index in [2.05, 4.69) is 16.6 Å². The molecule has 0 aromatic rings. The third-order valence-electron chi connectivity index (χ3n) is 1.71. The van der Waals surface area contributed by atoms with Crippen LogP contribution in [0.1, 0.15) is 6.42 Å². The Kier molecular flexibility index (Phi) is 9.01. The predicted molar refractivity (Wildman–Crippen MR) is 65.8 cm³/mol. The maximum atomic E-state index is 11.1. The van der Waals surface area contributed by atoms with Crippen LogP contribution in [0.2, 0.25) is 0 Å². The number of amides is 2. The van der Waals surface area contributed by atoms with Gasteiger partial charge in [0.15, 0.2) is 6.10 Å². The van der Waals surface area contributed by atoms with Crippen LogP contribution < -0.4 is 10.6 Å². The average molecular weight is 260 g/mol. The number of aliphatic hydroxyl groups is 1. The Morgan fingerprint density at radius 1 is 1.35 bits per heavy atom. The summed E-state index contributed by atoms with van der Waals surface area (Å²) in [5, 5.41) is 22.3. The SMILES string of the molecule is C#CCSCCNC(=O)NCC[C@H](O)C(=O)O. The molecule has 0 heterocycles. The van der Waals surface area contributed by atoms with Crippen LogP contribution in [0.4, 0.5) is 4.79 Å². The van der Waals surface area contributed by atoms with E-state index in [0.29, 0.717) is 12.3 Å². The van der Waals surface area contributed by atoms with Gasteiger partial charge in [-0.15, -0.1) is 18.2 Å². The zero-order valence-electron chi connectivity index (χ0n) is 9.31. The topological polar surface area (TPSA) is 98.7 Å². The lowest BCUT2D eigenvalue weighted by Crippen LogP contribution is -2.38. The third-order valence-corrected chi connectivity index (χ3v) is 2.57. The van der Waals surface area contributed by atoms with Crippen LogP contribution in [0.25, 0.3) is 0 Å². The van der Waals surface area contributed by atoms with Crippen molar-refractivity contribution in [2.24, 2.45) is 0 Å². The van der Waals surface area contributed by atoms with Crippen molar-refractivity contribution in [2.45, 2.75) is 12.5 Å². The van der Waals surface area contributed by atoms with E-state index in [-0.39, 0.29) is 19.0 Å². The molecule has 6 nitrogen and oxygen atoms in total. The molecular weight excluding hydrogens is 244 g/mol. The number of thioether (sulfide) groups is 1. The maximum Gasteiger partial charge on any atom is 0.332 e. The van der Waals surface area contributed by atoms with Gasteiger partial charge >= 0.3 is 12.0 Å². The largest absolute Gasteiger partial charge is 0.479 e. The number of hydrogen-bond acceptors (Lipinski definition) is 4. The Bertz CT molecular complexity index is 291. The number of carbonyl (C=O) groups excluding carboxylic acids is 1. The summed E-state index contributed by atoms with van der Waals surface area (Å²) in [6.45, 7) is 0.594. The summed E-state index contributed by atoms with van der Waals surface area (Å²) in [6.07, 6.45) is 3.58. The Morgan fingerprint density at radius 2 is 2.00 bits per heavy atom. The molecule has 2 amide bonds. The van der Waals surface area contributed by atoms with E-state index in [1.54, 1.807) is 0 Å². The third kappa shape index (κ3) is 9.53. The van der Waals surface area contributed by atoms with Crippen LogP contribution >= 0.6 is 11.8 Å². The minimum Gasteiger partial charge on any atom is -0.479 e. The summed E-state index contributed by atoms with van der Waals surface area (Å²) in [6, 6.07) is -0.385. The van der Waals surface area contributed by atoms with Gasteiger partial charge in [0.1, 0.15) is 0 Å². The molecule has 1 atom stereocenters. The Balaban J connectivity index is 3.41. The fourth-order valence-corrected chi connectivity index (χ4v) is 1.38. The molecule has 0 aliphatic carbocycles. The highest BCUT2D eigenvalue weighted by molar-refractivity contribution is 7.99. The van der Waals surface area contributed by atoms with Crippen LogP contribution in [-0.4, -0.2) is 52.9 Å². The first-order chi connectivity index (χ1) is 8.07. The number of carboxylic acid groups (broad SMARTS) is 1. The van der Waals surface area contributed by atoms with Crippen molar-refractivity contribution in [2.75, 3.05) is 24.6 Å². The van der Waals surface area contributed by atoms with E-state index in [1.165, 1.54) is 11.8 Å². The normalized spacial score (nSPS) is 11.3. The van der Waals surface area contributed by atoms with Crippen molar-refractivity contribution >= 4 is 23.8 Å². The molecule has 7 heteroatoms. The van der Waals surface area contributed by atoms with Crippen LogP contribution in [0.3, 0.4) is 0 Å². The van der Waals surface area contributed by atoms with Crippen LogP contribution in [0, 0.1) is 12.3 Å². The molecule has 0 spiro atoms. The molecule has 0 rings (SSSR count). The van der Waals surface area contributed by atoms with E-state index in [1.807, 2.05) is 0 Å². The van der Waals surface area contributed by atoms with E-state index in [0.717, 1.165) is 5.75 Å². The van der Waals surface area contributed by atoms with Gasteiger partial charge in [-0.3, -0.25) is 0 Å². The number of nitrogens with one attached hydrogen (secondary N) is 2. The lowest BCUT2D eigenvalue weighted by atomic mass is 10.2. The summed E-state index contributed by atoms with van der Waals surface area (Å²) >= 11 is 1.53. The minimum absolute atomic E-state index is 0.0192. The fourth-order valence-electron chi connectivity index (χ4n) is 0.876. The second kappa shape index (κ2) is 9.81. The number of aliphatic hydroxyl groups excluding tert-OH is 1. The average Bonchev–Trinajstić information content (AvgIpc) is 2.28. The van der Waals surface area contributed by atoms with E-state index in [9.17, 15) is 9.59 Å². The van der Waals surface area contributed by atoms with Crippen molar-refractivity contribution in [3.63, 3.8) is 0 Å². The van der Waals surface area contributed by atoms with Crippen molar-refractivity contribution < 1.29 is 19.8 Å². The molecule has 0 aliphatic rings. The first kappa shape index (κ1) is 15.6. The zero-order valence-corrected chi connectivity index (χ0v) is 10.1. The quantitative estimate of drug-likeness (QED) is 0.348. The van der Waals surface area contributed by atoms with Crippen LogP contribution in [-0.2, 0) is 4.79 Å². The number of carboxylic acids is 1. The molecule has 96 valence electrons. The molecule has 0 aromatic carbocycles. The number of hydrogen-bond donors (Lipinski definition) is 4. The molecule has 0 radical (unpaired) electrons. The standard InChI is InChI=1S/C10H16N2O4S/c1-2-6-17-7-5-12-10(16)11-4-3-8(13)9(14)15/h1,8,13H,3-7H2,(H,14,15)(H2,11,12,16)/t8-/m0/s1. The summed E-state index contributed by atoms with van der Waals surface area (Å²) in [5.74, 6) is 2.49. The fraction of sp³-hybridized carbons (Fsp3) is 0.600. The number of terminal acetylenes is 1. The highest BCUT2D eigenvalue weighted by atomic mass is 32.2. The summed E-state index contributed by atoms with van der Waals surface area (Å²) < 4.78 is 0. The molecule has 4 N–H and O–H groups in total. The smallest absolute Gasteiger partial charge is 0.332 e. The predicted octanol–water partition coefficient (Wildman–Crippen LogP) is -0.512. The zero-order chi connectivity index (χ0) is 13.1. The first-order valence-corrected chi connectivity index (χ1v) is 6.17. The molecule has 0 aromatic heterocycles. The summed E-state index contributed by atoms with van der Waals surface area (Å²) in [7, 11) is 0. The lowest BCUT2D eigenvalue weighted by Gasteiger charge is -2.08. The molecule has 17 heavy (non-hydrogen) atoms. The van der Waals surface area contributed by atoms with Gasteiger partial charge in [0.25, 0.3) is 0 Å². The van der Waals surface area contributed by atoms with Gasteiger partial charge in [0.05, 0.1) is 5.75 Å². The first-order valence-electron chi connectivity index (χ1n) is 5.01. The van der Waals surface area contributed by atoms with E-state index < -0.39 is 12.1 Å². The molecule has 0 fully saturated rings. The van der Waals surface area contributed by atoms with Gasteiger partial charge in [-0.1, -0.05) is 5.92 Å². The Hall–Kier alpha value is -1.39. The maximum absolute atomic E-state index is 11.1. The van der Waals surface area contributed by atoms with Gasteiger partial charge in [-0.25, -0.2) is 9.59 Å². The van der Waals surface area contributed by atoms with Gasteiger partial charge in [-0.2, -0.15) is 0 Å². The molecule has 0 saturated heterocycles. The molecular formula is C10H16N2O4S. The summed E-state index contributed by atoms with van der Waals surface area (Å²) in [5.41, 5.74) is 0. The van der Waals surface area contributed by atoms with E-state index in [4.69, 9.17) is 16.6 Å². The Morgan fingerprint density at radius 3 is 2.59 bits per heavy atom. The van der Waals surface area contributed by atoms with Crippen LogP contribution in [0.5, 0.6) is 0 Å². The van der Waals surface area contributed by atoms with E-state index >= 15 is 0 Å². The molecule has 0 saturated carbocycles. The molecule has 0 unspecified atom stereocenters. The van der Waals surface area contributed by atoms with Gasteiger partial charge < -0.3 is 20.8 Å². The lowest BCUT2D eigenvalue weighted by molar-refractivity contribution is -0.146. The molecule has 0 bridgehead atoms. The minimum atomic E-state index is -1.44. The summed E-state index contributed by atoms with van der Waals surface area (Å²) in [4.78, 5) is 21.4. The number of carbonyl (C=O) groups is 2. The number of aliphatic carboxylic acids is 1. The Labute approximate surface area is 104 Å². The second-order valence-corrected chi connectivity index (χ2v) is 4.19. The van der Waals surface area contributed by atoms with Gasteiger partial charge in [0.2, 0.25) is 0 Å². The monoisotopic (exact) mass is 260 g/mol. The van der Waals surface area contributed by atoms with Crippen molar-refractivity contribution in [1.29, 1.82) is 0 Å². The number of rotatable bonds is 8. The number of urea groups is 1. The van der Waals surface area contributed by atoms with Gasteiger partial charge in [0, 0.05) is 25.3 Å². The van der Waals surface area contributed by atoms with Crippen molar-refractivity contribution in [3.8, 4) is 12.3 Å². The van der Waals surface area contributed by atoms with Crippen molar-refractivity contribution in [1.82, 2.24) is 10.6 Å². The molecule has 0 aliphatic heterocycles. The second-order valence-electron chi connectivity index (χ2n) is 3.08. The van der Waals surface area contributed by atoms with Gasteiger partial charge in [-0.05, 0) is 0 Å².